The van der Waals surface area contributed by atoms with Crippen molar-refractivity contribution in [3.63, 3.8) is 0 Å². The largest absolute Gasteiger partial charge is 0.465 e. The molecular weight excluding hydrogens is 262 g/mol. The molecule has 6 heteroatoms. The van der Waals surface area contributed by atoms with Crippen molar-refractivity contribution in [1.82, 2.24) is 10.3 Å². The fourth-order valence-corrected chi connectivity index (χ4v) is 2.73. The highest BCUT2D eigenvalue weighted by molar-refractivity contribution is 7.12. The number of nitrogens with two attached hydrogens (primary N) is 1. The summed E-state index contributed by atoms with van der Waals surface area (Å²) in [6, 6.07) is 5.85. The maximum atomic E-state index is 11.6. The molecule has 1 amide bonds. The number of nitrogens with one attached hydrogen (secondary N) is 1. The molecule has 102 valence electrons. The van der Waals surface area contributed by atoms with E-state index >= 15 is 0 Å². The minimum atomic E-state index is -0.243. The first-order valence-corrected chi connectivity index (χ1v) is 6.79. The van der Waals surface area contributed by atoms with Crippen molar-refractivity contribution in [2.45, 2.75) is 20.0 Å². The van der Waals surface area contributed by atoms with Crippen molar-refractivity contribution in [3.8, 4) is 0 Å². The molecule has 0 atom stereocenters. The number of furan rings is 1. The quantitative estimate of drug-likeness (QED) is 0.498. The van der Waals surface area contributed by atoms with Gasteiger partial charge in [-0.05, 0) is 43.1 Å². The van der Waals surface area contributed by atoms with E-state index in [1.807, 2.05) is 37.6 Å². The highest BCUT2D eigenvalue weighted by atomic mass is 32.1. The second-order valence-corrected chi connectivity index (χ2v) is 5.35. The molecule has 5 nitrogen and oxygen atoms in total. The molecule has 0 spiro atoms. The van der Waals surface area contributed by atoms with E-state index in [9.17, 15) is 4.79 Å². The normalized spacial score (nSPS) is 10.9. The Balaban J connectivity index is 2.01. The summed E-state index contributed by atoms with van der Waals surface area (Å²) in [4.78, 5) is 14.3. The average molecular weight is 279 g/mol. The Morgan fingerprint density at radius 2 is 2.21 bits per heavy atom. The van der Waals surface area contributed by atoms with Crippen LogP contribution in [0.1, 0.15) is 26.8 Å². The van der Waals surface area contributed by atoms with Crippen molar-refractivity contribution in [2.75, 3.05) is 7.05 Å². The smallest absolute Gasteiger partial charge is 0.275 e. The molecule has 0 aromatic carbocycles. The summed E-state index contributed by atoms with van der Waals surface area (Å²) in [6.45, 7) is 3.30. The summed E-state index contributed by atoms with van der Waals surface area (Å²) in [5.74, 6) is 6.75. The van der Waals surface area contributed by atoms with E-state index in [2.05, 4.69) is 10.3 Å². The lowest BCUT2D eigenvalue weighted by Gasteiger charge is -2.15. The summed E-state index contributed by atoms with van der Waals surface area (Å²) < 4.78 is 5.53. The van der Waals surface area contributed by atoms with E-state index in [4.69, 9.17) is 10.3 Å². The number of rotatable bonds is 5. The van der Waals surface area contributed by atoms with Gasteiger partial charge in [0.1, 0.15) is 11.5 Å². The van der Waals surface area contributed by atoms with E-state index in [-0.39, 0.29) is 5.91 Å². The molecule has 2 aromatic heterocycles. The third kappa shape index (κ3) is 3.44. The third-order valence-corrected chi connectivity index (χ3v) is 3.70. The van der Waals surface area contributed by atoms with Crippen molar-refractivity contribution >= 4 is 17.2 Å². The Kier molecular flexibility index (Phi) is 4.36. The lowest BCUT2D eigenvalue weighted by atomic mass is 10.2. The number of thiophene rings is 1. The van der Waals surface area contributed by atoms with Crippen LogP contribution in [0.15, 0.2) is 28.0 Å². The zero-order valence-electron chi connectivity index (χ0n) is 11.0. The van der Waals surface area contributed by atoms with E-state index in [0.29, 0.717) is 18.0 Å². The highest BCUT2D eigenvalue weighted by Crippen LogP contribution is 2.19. The molecule has 0 aliphatic carbocycles. The first-order chi connectivity index (χ1) is 9.10. The second-order valence-electron chi connectivity index (χ2n) is 4.43. The summed E-state index contributed by atoms with van der Waals surface area (Å²) in [5, 5.41) is 1.89. The Labute approximate surface area is 116 Å². The van der Waals surface area contributed by atoms with Gasteiger partial charge in [0.2, 0.25) is 0 Å². The second kappa shape index (κ2) is 6.01. The molecule has 2 rings (SSSR count). The van der Waals surface area contributed by atoms with Gasteiger partial charge < -0.3 is 4.42 Å². The number of amides is 1. The van der Waals surface area contributed by atoms with Crippen LogP contribution < -0.4 is 11.3 Å². The first kappa shape index (κ1) is 13.8. The number of hydrogen-bond acceptors (Lipinski definition) is 5. The van der Waals surface area contributed by atoms with Gasteiger partial charge in [0.05, 0.1) is 11.4 Å². The molecule has 0 fully saturated rings. The number of hydrazine groups is 1. The molecule has 0 aliphatic heterocycles. The van der Waals surface area contributed by atoms with Crippen molar-refractivity contribution in [3.05, 3.63) is 45.5 Å². The number of nitrogens with zero attached hydrogens (tertiary/aromatic N) is 1. The van der Waals surface area contributed by atoms with Gasteiger partial charge in [-0.1, -0.05) is 0 Å². The van der Waals surface area contributed by atoms with Crippen LogP contribution >= 0.6 is 11.3 Å². The fourth-order valence-electron chi connectivity index (χ4n) is 1.91. The average Bonchev–Trinajstić information content (AvgIpc) is 2.97. The van der Waals surface area contributed by atoms with Crippen LogP contribution in [0.2, 0.25) is 0 Å². The molecule has 0 saturated heterocycles. The van der Waals surface area contributed by atoms with Gasteiger partial charge in [-0.15, -0.1) is 11.3 Å². The minimum Gasteiger partial charge on any atom is -0.465 e. The Bertz CT molecular complexity index is 562. The molecule has 19 heavy (non-hydrogen) atoms. The van der Waals surface area contributed by atoms with Gasteiger partial charge >= 0.3 is 0 Å². The number of hydrogen-bond donors (Lipinski definition) is 2. The summed E-state index contributed by atoms with van der Waals surface area (Å²) >= 11 is 1.39. The molecule has 0 aliphatic rings. The third-order valence-electron chi connectivity index (χ3n) is 2.75. The number of aryl methyl sites for hydroxylation is 1. The van der Waals surface area contributed by atoms with Crippen molar-refractivity contribution in [1.29, 1.82) is 0 Å². The predicted octanol–water partition coefficient (Wildman–Crippen LogP) is 1.89. The van der Waals surface area contributed by atoms with E-state index in [0.717, 1.165) is 17.1 Å². The number of carbonyl (C=O) groups excluding carboxylic acids is 1. The summed E-state index contributed by atoms with van der Waals surface area (Å²) in [6.07, 6.45) is 0. The monoisotopic (exact) mass is 279 g/mol. The van der Waals surface area contributed by atoms with Gasteiger partial charge in [0.15, 0.2) is 0 Å². The SMILES string of the molecule is Cc1ccc(CN(C)Cc2ccsc2C(=O)NN)o1. The highest BCUT2D eigenvalue weighted by Gasteiger charge is 2.14. The zero-order valence-corrected chi connectivity index (χ0v) is 11.8. The fraction of sp³-hybridized carbons (Fsp3) is 0.308. The molecule has 0 radical (unpaired) electrons. The van der Waals surface area contributed by atoms with Crippen LogP contribution in [0.25, 0.3) is 0 Å². The summed E-state index contributed by atoms with van der Waals surface area (Å²) in [5.41, 5.74) is 3.14. The lowest BCUT2D eigenvalue weighted by molar-refractivity contribution is 0.0956. The first-order valence-electron chi connectivity index (χ1n) is 5.91. The van der Waals surface area contributed by atoms with E-state index < -0.39 is 0 Å². The molecular formula is C13H17N3O2S. The van der Waals surface area contributed by atoms with Crippen LogP contribution in [0, 0.1) is 6.92 Å². The van der Waals surface area contributed by atoms with Gasteiger partial charge in [-0.25, -0.2) is 5.84 Å². The van der Waals surface area contributed by atoms with Crippen molar-refractivity contribution < 1.29 is 9.21 Å². The zero-order chi connectivity index (χ0) is 13.8. The number of nitrogen functional groups attached to an aromatic ring is 1. The minimum absolute atomic E-state index is 0.243. The van der Waals surface area contributed by atoms with Gasteiger partial charge in [0, 0.05) is 6.54 Å². The molecule has 0 unspecified atom stereocenters. The summed E-state index contributed by atoms with van der Waals surface area (Å²) in [7, 11) is 1.99. The Hall–Kier alpha value is -1.63. The standard InChI is InChI=1S/C13H17N3O2S/c1-9-3-4-11(18-9)8-16(2)7-10-5-6-19-12(10)13(17)15-14/h3-6H,7-8,14H2,1-2H3,(H,15,17). The van der Waals surface area contributed by atoms with Gasteiger partial charge in [0.25, 0.3) is 5.91 Å². The maximum Gasteiger partial charge on any atom is 0.275 e. The predicted molar refractivity (Wildman–Crippen MR) is 74.6 cm³/mol. The molecule has 3 N–H and O–H groups in total. The van der Waals surface area contributed by atoms with E-state index in [1.54, 1.807) is 0 Å². The molecule has 2 aromatic rings. The lowest BCUT2D eigenvalue weighted by Crippen LogP contribution is -2.30. The van der Waals surface area contributed by atoms with Crippen LogP contribution in [0.4, 0.5) is 0 Å². The Morgan fingerprint density at radius 3 is 2.84 bits per heavy atom. The van der Waals surface area contributed by atoms with Gasteiger partial charge in [-0.2, -0.15) is 0 Å². The van der Waals surface area contributed by atoms with Crippen LogP contribution in [-0.2, 0) is 13.1 Å². The van der Waals surface area contributed by atoms with E-state index in [1.165, 1.54) is 11.3 Å². The Morgan fingerprint density at radius 1 is 1.42 bits per heavy atom. The molecule has 0 bridgehead atoms. The van der Waals surface area contributed by atoms with Crippen LogP contribution in [-0.4, -0.2) is 17.9 Å². The maximum absolute atomic E-state index is 11.6. The molecule has 0 saturated carbocycles. The van der Waals surface area contributed by atoms with Crippen LogP contribution in [0.3, 0.4) is 0 Å². The van der Waals surface area contributed by atoms with Crippen molar-refractivity contribution in [2.24, 2.45) is 5.84 Å². The van der Waals surface area contributed by atoms with Crippen LogP contribution in [0.5, 0.6) is 0 Å². The topological polar surface area (TPSA) is 71.5 Å². The molecule has 2 heterocycles. The van der Waals surface area contributed by atoms with Gasteiger partial charge in [-0.3, -0.25) is 15.1 Å². The number of carbonyl (C=O) groups is 1.